The Hall–Kier alpha value is -1.76. The fraction of sp³-hybridized carbons (Fsp3) is 0.200. The van der Waals surface area contributed by atoms with Crippen LogP contribution in [0.1, 0.15) is 16.7 Å². The summed E-state index contributed by atoms with van der Waals surface area (Å²) in [7, 11) is 0. The van der Waals surface area contributed by atoms with E-state index in [2.05, 4.69) is 38.1 Å². The van der Waals surface area contributed by atoms with Crippen LogP contribution in [0.5, 0.6) is 5.75 Å². The highest BCUT2D eigenvalue weighted by molar-refractivity contribution is 5.30. The fourth-order valence-corrected chi connectivity index (χ4v) is 1.58. The Morgan fingerprint density at radius 1 is 1.06 bits per heavy atom. The Kier molecular flexibility index (Phi) is 3.25. The highest BCUT2D eigenvalue weighted by Crippen LogP contribution is 2.15. The van der Waals surface area contributed by atoms with Crippen molar-refractivity contribution < 1.29 is 4.74 Å². The van der Waals surface area contributed by atoms with Gasteiger partial charge < -0.3 is 4.74 Å². The van der Waals surface area contributed by atoms with Gasteiger partial charge in [-0.3, -0.25) is 0 Å². The molecule has 0 bridgehead atoms. The van der Waals surface area contributed by atoms with Crippen LogP contribution in [0, 0.1) is 19.9 Å². The van der Waals surface area contributed by atoms with Gasteiger partial charge in [-0.05, 0) is 43.2 Å². The van der Waals surface area contributed by atoms with E-state index in [0.29, 0.717) is 6.61 Å². The van der Waals surface area contributed by atoms with Crippen molar-refractivity contribution in [2.75, 3.05) is 0 Å². The van der Waals surface area contributed by atoms with E-state index in [9.17, 15) is 0 Å². The molecule has 0 spiro atoms. The molecule has 1 nitrogen and oxygen atoms in total. The first-order valence-electron chi connectivity index (χ1n) is 5.41. The lowest BCUT2D eigenvalue weighted by molar-refractivity contribution is 0.305. The van der Waals surface area contributed by atoms with Gasteiger partial charge in [-0.2, -0.15) is 0 Å². The lowest BCUT2D eigenvalue weighted by Gasteiger charge is -2.09. The Morgan fingerprint density at radius 3 is 2.56 bits per heavy atom. The maximum absolute atomic E-state index is 5.71. The van der Waals surface area contributed by atoms with Gasteiger partial charge in [-0.1, -0.05) is 35.9 Å². The predicted molar refractivity (Wildman–Crippen MR) is 65.5 cm³/mol. The summed E-state index contributed by atoms with van der Waals surface area (Å²) in [6.07, 6.45) is 0. The summed E-state index contributed by atoms with van der Waals surface area (Å²) in [6.45, 7) is 4.83. The van der Waals surface area contributed by atoms with E-state index in [4.69, 9.17) is 4.74 Å². The van der Waals surface area contributed by atoms with Crippen molar-refractivity contribution in [2.45, 2.75) is 20.5 Å². The fourth-order valence-electron chi connectivity index (χ4n) is 1.58. The lowest BCUT2D eigenvalue weighted by Crippen LogP contribution is -1.98. The molecule has 0 unspecified atom stereocenters. The van der Waals surface area contributed by atoms with Crippen molar-refractivity contribution in [3.05, 3.63) is 65.2 Å². The average Bonchev–Trinajstić information content (AvgIpc) is 2.32. The Morgan fingerprint density at radius 2 is 1.81 bits per heavy atom. The van der Waals surface area contributed by atoms with Crippen molar-refractivity contribution in [2.24, 2.45) is 0 Å². The minimum atomic E-state index is 0.623. The zero-order valence-corrected chi connectivity index (χ0v) is 9.66. The molecule has 16 heavy (non-hydrogen) atoms. The van der Waals surface area contributed by atoms with Gasteiger partial charge in [0.1, 0.15) is 12.4 Å². The Labute approximate surface area is 96.7 Å². The molecule has 2 aromatic carbocycles. The normalized spacial score (nSPS) is 10.1. The molecule has 0 aromatic heterocycles. The molecule has 0 amide bonds. The highest BCUT2D eigenvalue weighted by Gasteiger charge is 1.99. The molecule has 1 heteroatoms. The molecule has 0 saturated carbocycles. The second kappa shape index (κ2) is 4.84. The van der Waals surface area contributed by atoms with Crippen molar-refractivity contribution in [1.29, 1.82) is 0 Å². The maximum atomic E-state index is 5.71. The Balaban J connectivity index is 2.08. The SMILES string of the molecule is Cc1ccc(C)c(COc2cc[c]cc2)c1. The quantitative estimate of drug-likeness (QED) is 0.752. The number of rotatable bonds is 3. The summed E-state index contributed by atoms with van der Waals surface area (Å²) in [5, 5.41) is 0. The van der Waals surface area contributed by atoms with Gasteiger partial charge in [0.2, 0.25) is 0 Å². The van der Waals surface area contributed by atoms with Gasteiger partial charge in [0, 0.05) is 0 Å². The van der Waals surface area contributed by atoms with Crippen molar-refractivity contribution >= 4 is 0 Å². The number of ether oxygens (including phenoxy) is 1. The molecule has 81 valence electrons. The third-order valence-electron chi connectivity index (χ3n) is 2.59. The number of hydrogen-bond acceptors (Lipinski definition) is 1. The first kappa shape index (κ1) is 10.7. The maximum Gasteiger partial charge on any atom is 0.119 e. The van der Waals surface area contributed by atoms with E-state index in [1.165, 1.54) is 16.7 Å². The molecule has 1 radical (unpaired) electrons. The van der Waals surface area contributed by atoms with Crippen molar-refractivity contribution in [3.63, 3.8) is 0 Å². The van der Waals surface area contributed by atoms with E-state index < -0.39 is 0 Å². The van der Waals surface area contributed by atoms with Crippen LogP contribution in [-0.2, 0) is 6.61 Å². The highest BCUT2D eigenvalue weighted by atomic mass is 16.5. The van der Waals surface area contributed by atoms with Crippen LogP contribution in [-0.4, -0.2) is 0 Å². The van der Waals surface area contributed by atoms with E-state index in [1.807, 2.05) is 24.3 Å². The van der Waals surface area contributed by atoms with E-state index in [-0.39, 0.29) is 0 Å². The van der Waals surface area contributed by atoms with Gasteiger partial charge in [0.15, 0.2) is 0 Å². The third kappa shape index (κ3) is 2.63. The molecular formula is C15H15O. The smallest absolute Gasteiger partial charge is 0.119 e. The lowest BCUT2D eigenvalue weighted by atomic mass is 10.1. The molecule has 0 heterocycles. The van der Waals surface area contributed by atoms with Crippen molar-refractivity contribution in [1.82, 2.24) is 0 Å². The number of hydrogen-bond donors (Lipinski definition) is 0. The van der Waals surface area contributed by atoms with Crippen LogP contribution in [0.15, 0.2) is 42.5 Å². The molecule has 0 atom stereocenters. The van der Waals surface area contributed by atoms with Crippen LogP contribution >= 0.6 is 0 Å². The standard InChI is InChI=1S/C15H15O/c1-12-8-9-13(2)14(10-12)11-16-15-6-4-3-5-7-15/h4-10H,11H2,1-2H3. The van der Waals surface area contributed by atoms with E-state index in [1.54, 1.807) is 0 Å². The number of aryl methyl sites for hydroxylation is 2. The first-order chi connectivity index (χ1) is 7.75. The van der Waals surface area contributed by atoms with Crippen LogP contribution in [0.2, 0.25) is 0 Å². The summed E-state index contributed by atoms with van der Waals surface area (Å²) in [4.78, 5) is 0. The zero-order valence-electron chi connectivity index (χ0n) is 9.66. The largest absolute Gasteiger partial charge is 0.489 e. The average molecular weight is 211 g/mol. The molecule has 0 aliphatic rings. The zero-order chi connectivity index (χ0) is 11.4. The summed E-state index contributed by atoms with van der Waals surface area (Å²) in [5.74, 6) is 0.889. The predicted octanol–water partition coefficient (Wildman–Crippen LogP) is 3.68. The van der Waals surface area contributed by atoms with Gasteiger partial charge in [0.25, 0.3) is 0 Å². The van der Waals surface area contributed by atoms with E-state index in [0.717, 1.165) is 5.75 Å². The first-order valence-corrected chi connectivity index (χ1v) is 5.41. The molecular weight excluding hydrogens is 196 g/mol. The minimum absolute atomic E-state index is 0.623. The molecule has 0 fully saturated rings. The van der Waals surface area contributed by atoms with Gasteiger partial charge >= 0.3 is 0 Å². The minimum Gasteiger partial charge on any atom is -0.489 e. The third-order valence-corrected chi connectivity index (χ3v) is 2.59. The Bertz CT molecular complexity index is 460. The summed E-state index contributed by atoms with van der Waals surface area (Å²) >= 11 is 0. The summed E-state index contributed by atoms with van der Waals surface area (Å²) in [5.41, 5.74) is 3.78. The van der Waals surface area contributed by atoms with Gasteiger partial charge in [-0.15, -0.1) is 0 Å². The second-order valence-electron chi connectivity index (χ2n) is 3.95. The van der Waals surface area contributed by atoms with Crippen LogP contribution < -0.4 is 4.74 Å². The van der Waals surface area contributed by atoms with E-state index >= 15 is 0 Å². The van der Waals surface area contributed by atoms with Crippen LogP contribution in [0.3, 0.4) is 0 Å². The second-order valence-corrected chi connectivity index (χ2v) is 3.95. The number of benzene rings is 2. The molecule has 0 N–H and O–H groups in total. The van der Waals surface area contributed by atoms with Gasteiger partial charge in [-0.25, -0.2) is 0 Å². The van der Waals surface area contributed by atoms with Gasteiger partial charge in [0.05, 0.1) is 0 Å². The monoisotopic (exact) mass is 211 g/mol. The topological polar surface area (TPSA) is 9.23 Å². The molecule has 0 saturated heterocycles. The van der Waals surface area contributed by atoms with Crippen LogP contribution in [0.25, 0.3) is 0 Å². The van der Waals surface area contributed by atoms with Crippen molar-refractivity contribution in [3.8, 4) is 5.75 Å². The molecule has 0 aliphatic heterocycles. The van der Waals surface area contributed by atoms with Crippen LogP contribution in [0.4, 0.5) is 0 Å². The molecule has 2 aromatic rings. The summed E-state index contributed by atoms with van der Waals surface area (Å²) < 4.78 is 5.71. The molecule has 2 rings (SSSR count). The molecule has 0 aliphatic carbocycles. The summed E-state index contributed by atoms with van der Waals surface area (Å²) in [6, 6.07) is 17.0.